The fourth-order valence-electron chi connectivity index (χ4n) is 5.00. The molecule has 3 aliphatic rings. The van der Waals surface area contributed by atoms with Crippen LogP contribution < -0.4 is 0 Å². The minimum absolute atomic E-state index is 0.897. The molecule has 0 aromatic carbocycles. The minimum atomic E-state index is 0.897. The van der Waals surface area contributed by atoms with E-state index in [4.69, 9.17) is 0 Å². The van der Waals surface area contributed by atoms with Crippen molar-refractivity contribution in [2.24, 2.45) is 17.8 Å². The third-order valence-electron chi connectivity index (χ3n) is 6.60. The second-order valence-corrected chi connectivity index (χ2v) is 8.30. The van der Waals surface area contributed by atoms with Crippen molar-refractivity contribution >= 4 is 0 Å². The molecule has 2 heteroatoms. The van der Waals surface area contributed by atoms with E-state index in [1.54, 1.807) is 0 Å². The fourth-order valence-corrected chi connectivity index (χ4v) is 5.00. The van der Waals surface area contributed by atoms with Gasteiger partial charge in [-0.05, 0) is 56.3 Å². The number of piperazine rings is 1. The molecule has 0 atom stereocenters. The lowest BCUT2D eigenvalue weighted by Gasteiger charge is -2.43. The smallest absolute Gasteiger partial charge is 0.0113 e. The number of hydrogen-bond acceptors (Lipinski definition) is 2. The monoisotopic (exact) mass is 292 g/mol. The van der Waals surface area contributed by atoms with Gasteiger partial charge in [0.15, 0.2) is 0 Å². The van der Waals surface area contributed by atoms with Gasteiger partial charge in [-0.15, -0.1) is 0 Å². The molecule has 1 heterocycles. The van der Waals surface area contributed by atoms with E-state index in [-0.39, 0.29) is 0 Å². The third-order valence-corrected chi connectivity index (χ3v) is 6.60. The molecule has 0 aromatic heterocycles. The van der Waals surface area contributed by atoms with Crippen molar-refractivity contribution in [3.8, 4) is 0 Å². The molecule has 1 aliphatic heterocycles. The Bertz CT molecular complexity index is 293. The lowest BCUT2D eigenvalue weighted by Crippen LogP contribution is -2.51. The van der Waals surface area contributed by atoms with Crippen LogP contribution >= 0.6 is 0 Å². The number of hydrogen-bond donors (Lipinski definition) is 0. The van der Waals surface area contributed by atoms with E-state index in [1.165, 1.54) is 84.1 Å². The molecule has 0 radical (unpaired) electrons. The maximum absolute atomic E-state index is 2.82. The summed E-state index contributed by atoms with van der Waals surface area (Å²) < 4.78 is 0. The molecule has 3 fully saturated rings. The van der Waals surface area contributed by atoms with Gasteiger partial charge in [-0.1, -0.05) is 26.7 Å². The Hall–Kier alpha value is -0.0800. The Labute approximate surface area is 132 Å². The van der Waals surface area contributed by atoms with Crippen LogP contribution in [0.25, 0.3) is 0 Å². The van der Waals surface area contributed by atoms with E-state index >= 15 is 0 Å². The van der Waals surface area contributed by atoms with Crippen molar-refractivity contribution in [3.05, 3.63) is 0 Å². The van der Waals surface area contributed by atoms with Gasteiger partial charge in [-0.3, -0.25) is 4.90 Å². The van der Waals surface area contributed by atoms with Crippen LogP contribution in [0.1, 0.15) is 65.2 Å². The van der Waals surface area contributed by atoms with Gasteiger partial charge >= 0.3 is 0 Å². The molecule has 2 nitrogen and oxygen atoms in total. The highest BCUT2D eigenvalue weighted by atomic mass is 15.3. The lowest BCUT2D eigenvalue weighted by molar-refractivity contribution is 0.0595. The van der Waals surface area contributed by atoms with Crippen LogP contribution in [0.2, 0.25) is 0 Å². The van der Waals surface area contributed by atoms with Crippen molar-refractivity contribution in [2.75, 3.05) is 32.7 Å². The van der Waals surface area contributed by atoms with E-state index in [9.17, 15) is 0 Å². The van der Waals surface area contributed by atoms with Gasteiger partial charge in [0.2, 0.25) is 0 Å². The second-order valence-electron chi connectivity index (χ2n) is 8.30. The van der Waals surface area contributed by atoms with Crippen molar-refractivity contribution in [3.63, 3.8) is 0 Å². The van der Waals surface area contributed by atoms with E-state index in [2.05, 4.69) is 23.6 Å². The Morgan fingerprint density at radius 1 is 0.810 bits per heavy atom. The Morgan fingerprint density at radius 3 is 2.00 bits per heavy atom. The summed E-state index contributed by atoms with van der Waals surface area (Å²) in [6.07, 6.45) is 11.9. The summed E-state index contributed by atoms with van der Waals surface area (Å²) in [7, 11) is 0. The van der Waals surface area contributed by atoms with Crippen LogP contribution in [0.15, 0.2) is 0 Å². The molecule has 2 saturated carbocycles. The summed E-state index contributed by atoms with van der Waals surface area (Å²) >= 11 is 0. The van der Waals surface area contributed by atoms with Crippen LogP contribution in [0.4, 0.5) is 0 Å². The zero-order valence-electron chi connectivity index (χ0n) is 14.4. The standard InChI is InChI=1S/C19H36N2/c1-16(2)18-7-9-19(10-8-18)21-13-11-20(12-14-21)15-17-5-3-4-6-17/h16-19H,3-15H2,1-2H3. The average Bonchev–Trinajstić information content (AvgIpc) is 3.01. The molecule has 0 bridgehead atoms. The normalized spacial score (nSPS) is 33.9. The first-order valence-electron chi connectivity index (χ1n) is 9.69. The largest absolute Gasteiger partial charge is 0.301 e. The average molecular weight is 293 g/mol. The summed E-state index contributed by atoms with van der Waals surface area (Å²) in [6.45, 7) is 11.6. The molecule has 0 aromatic rings. The minimum Gasteiger partial charge on any atom is -0.301 e. The van der Waals surface area contributed by atoms with Gasteiger partial charge < -0.3 is 4.90 Å². The fraction of sp³-hybridized carbons (Fsp3) is 1.00. The van der Waals surface area contributed by atoms with Crippen LogP contribution in [0, 0.1) is 17.8 Å². The Morgan fingerprint density at radius 2 is 1.43 bits per heavy atom. The van der Waals surface area contributed by atoms with Crippen LogP contribution in [0.3, 0.4) is 0 Å². The van der Waals surface area contributed by atoms with Gasteiger partial charge in [0.25, 0.3) is 0 Å². The maximum Gasteiger partial charge on any atom is 0.0113 e. The molecule has 122 valence electrons. The molecule has 21 heavy (non-hydrogen) atoms. The summed E-state index contributed by atoms with van der Waals surface area (Å²) in [6, 6.07) is 0.911. The lowest BCUT2D eigenvalue weighted by atomic mass is 9.79. The Kier molecular flexibility index (Phi) is 5.61. The predicted molar refractivity (Wildman–Crippen MR) is 90.6 cm³/mol. The molecule has 0 unspecified atom stereocenters. The zero-order valence-corrected chi connectivity index (χ0v) is 14.4. The summed E-state index contributed by atoms with van der Waals surface area (Å²) in [5.41, 5.74) is 0. The molecule has 1 saturated heterocycles. The molecule has 0 N–H and O–H groups in total. The van der Waals surface area contributed by atoms with Crippen molar-refractivity contribution in [2.45, 2.75) is 71.3 Å². The van der Waals surface area contributed by atoms with Crippen molar-refractivity contribution < 1.29 is 0 Å². The molecule has 0 amide bonds. The van der Waals surface area contributed by atoms with Gasteiger partial charge in [0, 0.05) is 38.8 Å². The predicted octanol–water partition coefficient (Wildman–Crippen LogP) is 4.01. The van der Waals surface area contributed by atoms with E-state index in [0.717, 1.165) is 23.8 Å². The molecule has 0 spiro atoms. The SMILES string of the molecule is CC(C)C1CCC(N2CCN(CC3CCCC3)CC2)CC1. The highest BCUT2D eigenvalue weighted by Crippen LogP contribution is 2.32. The van der Waals surface area contributed by atoms with Crippen LogP contribution in [-0.2, 0) is 0 Å². The first kappa shape index (κ1) is 15.8. The molecule has 2 aliphatic carbocycles. The highest BCUT2D eigenvalue weighted by molar-refractivity contribution is 4.84. The van der Waals surface area contributed by atoms with Crippen LogP contribution in [-0.4, -0.2) is 48.6 Å². The summed E-state index contributed by atoms with van der Waals surface area (Å²) in [5, 5.41) is 0. The molecular weight excluding hydrogens is 256 g/mol. The first-order chi connectivity index (χ1) is 10.2. The van der Waals surface area contributed by atoms with Crippen LogP contribution in [0.5, 0.6) is 0 Å². The second kappa shape index (κ2) is 7.46. The van der Waals surface area contributed by atoms with Gasteiger partial charge in [0.05, 0.1) is 0 Å². The van der Waals surface area contributed by atoms with Gasteiger partial charge in [0.1, 0.15) is 0 Å². The highest BCUT2D eigenvalue weighted by Gasteiger charge is 2.29. The summed E-state index contributed by atoms with van der Waals surface area (Å²) in [5.74, 6) is 2.93. The van der Waals surface area contributed by atoms with Crippen molar-refractivity contribution in [1.82, 2.24) is 9.80 Å². The first-order valence-corrected chi connectivity index (χ1v) is 9.69. The maximum atomic E-state index is 2.82. The third kappa shape index (κ3) is 4.22. The molecular formula is C19H36N2. The van der Waals surface area contributed by atoms with E-state index < -0.39 is 0 Å². The number of nitrogens with zero attached hydrogens (tertiary/aromatic N) is 2. The van der Waals surface area contributed by atoms with E-state index in [1.807, 2.05) is 0 Å². The molecule has 3 rings (SSSR count). The summed E-state index contributed by atoms with van der Waals surface area (Å²) in [4.78, 5) is 5.58. The Balaban J connectivity index is 1.37. The zero-order chi connectivity index (χ0) is 14.7. The van der Waals surface area contributed by atoms with Crippen molar-refractivity contribution in [1.29, 1.82) is 0 Å². The quantitative estimate of drug-likeness (QED) is 0.772. The van der Waals surface area contributed by atoms with Gasteiger partial charge in [-0.2, -0.15) is 0 Å². The topological polar surface area (TPSA) is 6.48 Å². The van der Waals surface area contributed by atoms with Gasteiger partial charge in [-0.25, -0.2) is 0 Å². The number of rotatable bonds is 4. The van der Waals surface area contributed by atoms with E-state index in [0.29, 0.717) is 0 Å².